The lowest BCUT2D eigenvalue weighted by molar-refractivity contribution is 0.603. The zero-order valence-electron chi connectivity index (χ0n) is 12.6. The molecule has 4 nitrogen and oxygen atoms in total. The van der Waals surface area contributed by atoms with Crippen LogP contribution in [0.1, 0.15) is 12.5 Å². The molecule has 0 aliphatic heterocycles. The topological polar surface area (TPSA) is 59.1 Å². The first-order chi connectivity index (χ1) is 11.1. The van der Waals surface area contributed by atoms with E-state index in [1.54, 1.807) is 12.1 Å². The van der Waals surface area contributed by atoms with Gasteiger partial charge in [-0.05, 0) is 24.1 Å². The van der Waals surface area contributed by atoms with Gasteiger partial charge in [-0.1, -0.05) is 49.4 Å². The quantitative estimate of drug-likeness (QED) is 0.755. The van der Waals surface area contributed by atoms with E-state index >= 15 is 0 Å². The Morgan fingerprint density at radius 1 is 1.04 bits per heavy atom. The number of thiazole rings is 1. The molecule has 0 atom stereocenters. The fourth-order valence-electron chi connectivity index (χ4n) is 2.11. The Balaban J connectivity index is 1.83. The Labute approximate surface area is 139 Å². The van der Waals surface area contributed by atoms with Gasteiger partial charge in [-0.3, -0.25) is 4.72 Å². The second-order valence-corrected chi connectivity index (χ2v) is 7.95. The highest BCUT2D eigenvalue weighted by Crippen LogP contribution is 2.28. The summed E-state index contributed by atoms with van der Waals surface area (Å²) in [4.78, 5) is 4.22. The van der Waals surface area contributed by atoms with Gasteiger partial charge in [0, 0.05) is 11.3 Å². The number of benzene rings is 2. The number of nitrogens with one attached hydrogen (secondary N) is 1. The van der Waals surface area contributed by atoms with Crippen LogP contribution in [-0.4, -0.2) is 13.4 Å². The van der Waals surface area contributed by atoms with Crippen molar-refractivity contribution < 1.29 is 8.42 Å². The number of aryl methyl sites for hydroxylation is 1. The maximum atomic E-state index is 12.5. The first-order valence-electron chi connectivity index (χ1n) is 7.21. The number of sulfonamides is 1. The van der Waals surface area contributed by atoms with Crippen LogP contribution in [0.2, 0.25) is 0 Å². The molecule has 2 aromatic carbocycles. The van der Waals surface area contributed by atoms with Gasteiger partial charge in [0.25, 0.3) is 10.0 Å². The summed E-state index contributed by atoms with van der Waals surface area (Å²) in [7, 11) is -3.61. The van der Waals surface area contributed by atoms with Crippen molar-refractivity contribution >= 4 is 27.0 Å². The van der Waals surface area contributed by atoms with Crippen LogP contribution in [0.15, 0.2) is 65.0 Å². The monoisotopic (exact) mass is 344 g/mol. The summed E-state index contributed by atoms with van der Waals surface area (Å²) in [6.45, 7) is 2.06. The Kier molecular flexibility index (Phi) is 4.45. The van der Waals surface area contributed by atoms with E-state index in [9.17, 15) is 8.42 Å². The van der Waals surface area contributed by atoms with Crippen molar-refractivity contribution in [2.45, 2.75) is 17.6 Å². The molecule has 1 heterocycles. The molecule has 118 valence electrons. The van der Waals surface area contributed by atoms with Gasteiger partial charge in [0.2, 0.25) is 0 Å². The molecule has 1 N–H and O–H groups in total. The molecule has 0 spiro atoms. The van der Waals surface area contributed by atoms with E-state index < -0.39 is 10.0 Å². The number of rotatable bonds is 5. The molecule has 0 radical (unpaired) electrons. The zero-order valence-corrected chi connectivity index (χ0v) is 14.2. The SMILES string of the molecule is CCc1ccc(NS(=O)(=O)c2cnc(-c3ccccc3)s2)cc1. The Morgan fingerprint density at radius 3 is 2.39 bits per heavy atom. The lowest BCUT2D eigenvalue weighted by atomic mass is 10.2. The molecule has 0 saturated heterocycles. The van der Waals surface area contributed by atoms with Gasteiger partial charge in [-0.15, -0.1) is 11.3 Å². The number of aromatic nitrogens is 1. The molecular weight excluding hydrogens is 328 g/mol. The predicted molar refractivity (Wildman–Crippen MR) is 94.2 cm³/mol. The molecule has 3 rings (SSSR count). The second-order valence-electron chi connectivity index (χ2n) is 5.01. The predicted octanol–water partition coefficient (Wildman–Crippen LogP) is 4.17. The highest BCUT2D eigenvalue weighted by Gasteiger charge is 2.18. The number of nitrogens with zero attached hydrogens (tertiary/aromatic N) is 1. The summed E-state index contributed by atoms with van der Waals surface area (Å²) in [6, 6.07) is 16.9. The van der Waals surface area contributed by atoms with Crippen molar-refractivity contribution in [1.82, 2.24) is 4.98 Å². The first-order valence-corrected chi connectivity index (χ1v) is 9.51. The van der Waals surface area contributed by atoms with E-state index in [0.29, 0.717) is 10.7 Å². The van der Waals surface area contributed by atoms with Crippen LogP contribution in [0, 0.1) is 0 Å². The third kappa shape index (κ3) is 3.60. The van der Waals surface area contributed by atoms with Gasteiger partial charge in [0.05, 0.1) is 6.20 Å². The van der Waals surface area contributed by atoms with Crippen LogP contribution in [-0.2, 0) is 16.4 Å². The minimum Gasteiger partial charge on any atom is -0.279 e. The third-order valence-corrected chi connectivity index (χ3v) is 6.27. The van der Waals surface area contributed by atoms with Gasteiger partial charge >= 0.3 is 0 Å². The van der Waals surface area contributed by atoms with Gasteiger partial charge in [-0.25, -0.2) is 13.4 Å². The van der Waals surface area contributed by atoms with Crippen molar-refractivity contribution in [3.05, 3.63) is 66.4 Å². The number of hydrogen-bond donors (Lipinski definition) is 1. The van der Waals surface area contributed by atoms with E-state index in [-0.39, 0.29) is 4.21 Å². The van der Waals surface area contributed by atoms with Crippen LogP contribution in [0.3, 0.4) is 0 Å². The van der Waals surface area contributed by atoms with Crippen molar-refractivity contribution in [3.8, 4) is 10.6 Å². The summed E-state index contributed by atoms with van der Waals surface area (Å²) in [5, 5.41) is 0.687. The van der Waals surface area contributed by atoms with E-state index in [4.69, 9.17) is 0 Å². The first kappa shape index (κ1) is 15.7. The normalized spacial score (nSPS) is 11.3. The smallest absolute Gasteiger partial charge is 0.273 e. The van der Waals surface area contributed by atoms with Crippen LogP contribution in [0.25, 0.3) is 10.6 Å². The number of hydrogen-bond acceptors (Lipinski definition) is 4. The summed E-state index contributed by atoms with van der Waals surface area (Å²) in [6.07, 6.45) is 2.32. The fraction of sp³-hybridized carbons (Fsp3) is 0.118. The Hall–Kier alpha value is -2.18. The van der Waals surface area contributed by atoms with E-state index in [1.165, 1.54) is 6.20 Å². The Morgan fingerprint density at radius 2 is 1.74 bits per heavy atom. The minimum atomic E-state index is -3.61. The summed E-state index contributed by atoms with van der Waals surface area (Å²) in [5.41, 5.74) is 2.63. The lowest BCUT2D eigenvalue weighted by Gasteiger charge is -2.06. The maximum absolute atomic E-state index is 12.5. The maximum Gasteiger partial charge on any atom is 0.273 e. The molecule has 23 heavy (non-hydrogen) atoms. The Bertz CT molecular complexity index is 886. The van der Waals surface area contributed by atoms with Gasteiger partial charge in [0.15, 0.2) is 4.21 Å². The summed E-state index contributed by atoms with van der Waals surface area (Å²) in [5.74, 6) is 0. The van der Waals surface area contributed by atoms with Gasteiger partial charge in [0.1, 0.15) is 5.01 Å². The lowest BCUT2D eigenvalue weighted by Crippen LogP contribution is -2.11. The average Bonchev–Trinajstić information content (AvgIpc) is 3.07. The summed E-state index contributed by atoms with van der Waals surface area (Å²) >= 11 is 1.16. The fourth-order valence-corrected chi connectivity index (χ4v) is 4.31. The van der Waals surface area contributed by atoms with Crippen LogP contribution in [0.5, 0.6) is 0 Å². The minimum absolute atomic E-state index is 0.205. The van der Waals surface area contributed by atoms with E-state index in [1.807, 2.05) is 42.5 Å². The molecule has 0 bridgehead atoms. The second kappa shape index (κ2) is 6.52. The van der Waals surface area contributed by atoms with Crippen molar-refractivity contribution in [2.24, 2.45) is 0 Å². The molecule has 0 unspecified atom stereocenters. The summed E-state index contributed by atoms with van der Waals surface area (Å²) < 4.78 is 27.7. The highest BCUT2D eigenvalue weighted by atomic mass is 32.2. The molecule has 0 aliphatic rings. The average molecular weight is 344 g/mol. The van der Waals surface area contributed by atoms with Crippen LogP contribution < -0.4 is 4.72 Å². The van der Waals surface area contributed by atoms with Gasteiger partial charge < -0.3 is 0 Å². The third-order valence-electron chi connectivity index (χ3n) is 3.38. The largest absolute Gasteiger partial charge is 0.279 e. The molecule has 0 saturated carbocycles. The molecule has 0 fully saturated rings. The molecular formula is C17H16N2O2S2. The van der Waals surface area contributed by atoms with Crippen molar-refractivity contribution in [3.63, 3.8) is 0 Å². The molecule has 3 aromatic rings. The van der Waals surface area contributed by atoms with Crippen molar-refractivity contribution in [1.29, 1.82) is 0 Å². The molecule has 1 aromatic heterocycles. The molecule has 0 amide bonds. The van der Waals surface area contributed by atoms with E-state index in [0.717, 1.165) is 28.9 Å². The van der Waals surface area contributed by atoms with E-state index in [2.05, 4.69) is 16.6 Å². The standard InChI is InChI=1S/C17H16N2O2S2/c1-2-13-8-10-15(11-9-13)19-23(20,21)16-12-18-17(22-16)14-6-4-3-5-7-14/h3-12,19H,2H2,1H3. The van der Waals surface area contributed by atoms with Crippen LogP contribution >= 0.6 is 11.3 Å². The van der Waals surface area contributed by atoms with Gasteiger partial charge in [-0.2, -0.15) is 0 Å². The highest BCUT2D eigenvalue weighted by molar-refractivity contribution is 7.94. The molecule has 6 heteroatoms. The zero-order chi connectivity index (χ0) is 16.3. The number of anilines is 1. The van der Waals surface area contributed by atoms with Crippen LogP contribution in [0.4, 0.5) is 5.69 Å². The van der Waals surface area contributed by atoms with Crippen molar-refractivity contribution in [2.75, 3.05) is 4.72 Å². The molecule has 0 aliphatic carbocycles.